The van der Waals surface area contributed by atoms with Crippen LogP contribution in [0.25, 0.3) is 22.4 Å². The summed E-state index contributed by atoms with van der Waals surface area (Å²) in [6, 6.07) is 10.9. The van der Waals surface area contributed by atoms with Gasteiger partial charge in [-0.2, -0.15) is 5.26 Å². The molecule has 1 amide bonds. The van der Waals surface area contributed by atoms with Crippen molar-refractivity contribution in [3.8, 4) is 17.5 Å². The number of aromatic amines is 1. The smallest absolute Gasteiger partial charge is 0.338 e. The SMILES string of the molecule is CC(OC(=O)c1ccc2nc(-c3cccnc3)[nH]c2c1)C(=O)Nc1sc2c(c1C#N)CCCC2. The van der Waals surface area contributed by atoms with Gasteiger partial charge in [0.1, 0.15) is 16.9 Å². The molecule has 0 saturated heterocycles. The molecule has 1 aliphatic carbocycles. The van der Waals surface area contributed by atoms with Crippen LogP contribution in [0.1, 0.15) is 46.1 Å². The number of carbonyl (C=O) groups excluding carboxylic acids is 2. The van der Waals surface area contributed by atoms with Gasteiger partial charge in [0.05, 0.1) is 22.2 Å². The van der Waals surface area contributed by atoms with Crippen LogP contribution in [0, 0.1) is 11.3 Å². The van der Waals surface area contributed by atoms with Crippen LogP contribution in [-0.4, -0.2) is 32.9 Å². The van der Waals surface area contributed by atoms with E-state index in [0.29, 0.717) is 33.0 Å². The summed E-state index contributed by atoms with van der Waals surface area (Å²) in [5.41, 5.74) is 4.08. The molecule has 0 spiro atoms. The fourth-order valence-electron chi connectivity index (χ4n) is 4.04. The molecule has 0 aliphatic heterocycles. The minimum atomic E-state index is -1.03. The average molecular weight is 472 g/mol. The quantitative estimate of drug-likeness (QED) is 0.410. The van der Waals surface area contributed by atoms with Crippen LogP contribution in [0.3, 0.4) is 0 Å². The number of nitrogens with one attached hydrogen (secondary N) is 2. The van der Waals surface area contributed by atoms with Gasteiger partial charge in [-0.1, -0.05) is 0 Å². The number of rotatable bonds is 5. The van der Waals surface area contributed by atoms with Gasteiger partial charge in [0.25, 0.3) is 5.91 Å². The number of benzene rings is 1. The summed E-state index contributed by atoms with van der Waals surface area (Å²) in [7, 11) is 0. The zero-order valence-corrected chi connectivity index (χ0v) is 19.2. The molecular formula is C25H21N5O3S. The number of nitrogens with zero attached hydrogens (tertiary/aromatic N) is 3. The Morgan fingerprint density at radius 3 is 2.91 bits per heavy atom. The Morgan fingerprint density at radius 1 is 1.26 bits per heavy atom. The molecular weight excluding hydrogens is 450 g/mol. The largest absolute Gasteiger partial charge is 0.449 e. The van der Waals surface area contributed by atoms with Gasteiger partial charge in [-0.25, -0.2) is 9.78 Å². The Morgan fingerprint density at radius 2 is 2.12 bits per heavy atom. The number of H-pyrrole nitrogens is 1. The number of fused-ring (bicyclic) bond motifs is 2. The predicted molar refractivity (Wildman–Crippen MR) is 129 cm³/mol. The maximum atomic E-state index is 12.7. The minimum Gasteiger partial charge on any atom is -0.449 e. The first-order chi connectivity index (χ1) is 16.5. The van der Waals surface area contributed by atoms with E-state index in [2.05, 4.69) is 26.3 Å². The maximum Gasteiger partial charge on any atom is 0.338 e. The van der Waals surface area contributed by atoms with Crippen molar-refractivity contribution in [3.05, 3.63) is 64.3 Å². The van der Waals surface area contributed by atoms with Crippen molar-refractivity contribution >= 4 is 39.2 Å². The van der Waals surface area contributed by atoms with E-state index in [9.17, 15) is 14.9 Å². The molecule has 1 unspecified atom stereocenters. The van der Waals surface area contributed by atoms with Crippen LogP contribution in [0.5, 0.6) is 0 Å². The monoisotopic (exact) mass is 471 g/mol. The fourth-order valence-corrected chi connectivity index (χ4v) is 5.29. The van der Waals surface area contributed by atoms with Crippen LogP contribution >= 0.6 is 11.3 Å². The van der Waals surface area contributed by atoms with E-state index in [1.54, 1.807) is 30.6 Å². The summed E-state index contributed by atoms with van der Waals surface area (Å²) in [5.74, 6) is -0.439. The van der Waals surface area contributed by atoms with Crippen molar-refractivity contribution in [1.29, 1.82) is 5.26 Å². The zero-order chi connectivity index (χ0) is 23.7. The van der Waals surface area contributed by atoms with E-state index in [0.717, 1.165) is 41.7 Å². The van der Waals surface area contributed by atoms with Gasteiger partial charge in [-0.05, 0) is 68.5 Å². The van der Waals surface area contributed by atoms with Gasteiger partial charge in [0.2, 0.25) is 0 Å². The Bertz CT molecular complexity index is 1430. The van der Waals surface area contributed by atoms with Crippen molar-refractivity contribution in [2.75, 3.05) is 5.32 Å². The molecule has 3 heterocycles. The highest BCUT2D eigenvalue weighted by Crippen LogP contribution is 2.37. The lowest BCUT2D eigenvalue weighted by Crippen LogP contribution is -2.30. The highest BCUT2D eigenvalue weighted by atomic mass is 32.1. The highest BCUT2D eigenvalue weighted by Gasteiger charge is 2.25. The van der Waals surface area contributed by atoms with E-state index >= 15 is 0 Å². The molecule has 1 aliphatic rings. The summed E-state index contributed by atoms with van der Waals surface area (Å²) in [4.78, 5) is 38.4. The third-order valence-electron chi connectivity index (χ3n) is 5.83. The Hall–Kier alpha value is -4.03. The van der Waals surface area contributed by atoms with Crippen molar-refractivity contribution in [2.24, 2.45) is 0 Å². The fraction of sp³-hybridized carbons (Fsp3) is 0.240. The first-order valence-corrected chi connectivity index (χ1v) is 11.8. The zero-order valence-electron chi connectivity index (χ0n) is 18.4. The second kappa shape index (κ2) is 9.08. The first kappa shape index (κ1) is 21.8. The molecule has 0 fully saturated rings. The Kier molecular flexibility index (Phi) is 5.82. The number of carbonyl (C=O) groups is 2. The van der Waals surface area contributed by atoms with E-state index < -0.39 is 18.0 Å². The number of esters is 1. The third-order valence-corrected chi connectivity index (χ3v) is 7.03. The molecule has 34 heavy (non-hydrogen) atoms. The topological polar surface area (TPSA) is 121 Å². The molecule has 4 aromatic rings. The highest BCUT2D eigenvalue weighted by molar-refractivity contribution is 7.16. The van der Waals surface area contributed by atoms with Gasteiger partial charge in [0.15, 0.2) is 6.10 Å². The number of nitriles is 1. The van der Waals surface area contributed by atoms with E-state index in [4.69, 9.17) is 4.74 Å². The average Bonchev–Trinajstić information content (AvgIpc) is 3.44. The molecule has 0 saturated carbocycles. The molecule has 8 nitrogen and oxygen atoms in total. The molecule has 2 N–H and O–H groups in total. The molecule has 1 aromatic carbocycles. The molecule has 5 rings (SSSR count). The number of imidazole rings is 1. The number of ether oxygens (including phenoxy) is 1. The van der Waals surface area contributed by atoms with Crippen LogP contribution < -0.4 is 5.32 Å². The molecule has 3 aromatic heterocycles. The Balaban J connectivity index is 1.29. The molecule has 1 atom stereocenters. The van der Waals surface area contributed by atoms with Crippen molar-refractivity contribution in [1.82, 2.24) is 15.0 Å². The third kappa shape index (κ3) is 4.16. The number of hydrogen-bond donors (Lipinski definition) is 2. The summed E-state index contributed by atoms with van der Waals surface area (Å²) in [5, 5.41) is 12.9. The van der Waals surface area contributed by atoms with E-state index in [-0.39, 0.29) is 0 Å². The Labute approximate surface area is 199 Å². The molecule has 9 heteroatoms. The van der Waals surface area contributed by atoms with E-state index in [1.165, 1.54) is 18.3 Å². The number of anilines is 1. The first-order valence-electron chi connectivity index (χ1n) is 11.0. The van der Waals surface area contributed by atoms with Crippen LogP contribution in [0.4, 0.5) is 5.00 Å². The van der Waals surface area contributed by atoms with Crippen molar-refractivity contribution in [2.45, 2.75) is 38.7 Å². The minimum absolute atomic E-state index is 0.304. The molecule has 0 bridgehead atoms. The van der Waals surface area contributed by atoms with Crippen LogP contribution in [0.15, 0.2) is 42.7 Å². The lowest BCUT2D eigenvalue weighted by molar-refractivity contribution is -0.123. The van der Waals surface area contributed by atoms with Gasteiger partial charge < -0.3 is 15.0 Å². The number of hydrogen-bond acceptors (Lipinski definition) is 7. The second-order valence-electron chi connectivity index (χ2n) is 8.12. The van der Waals surface area contributed by atoms with Gasteiger partial charge in [-0.3, -0.25) is 9.78 Å². The van der Waals surface area contributed by atoms with E-state index in [1.807, 2.05) is 12.1 Å². The summed E-state index contributed by atoms with van der Waals surface area (Å²) >= 11 is 1.44. The standard InChI is InChI=1S/C25H21N5O3S/c1-14(23(31)30-24-18(12-26)17-6-2-3-7-21(17)34-24)33-25(32)15-8-9-19-20(11-15)29-22(28-19)16-5-4-10-27-13-16/h4-5,8-11,13-14H,2-3,6-7H2,1H3,(H,28,29)(H,30,31). The second-order valence-corrected chi connectivity index (χ2v) is 9.23. The summed E-state index contributed by atoms with van der Waals surface area (Å²) in [6.07, 6.45) is 6.28. The summed E-state index contributed by atoms with van der Waals surface area (Å²) in [6.45, 7) is 1.52. The van der Waals surface area contributed by atoms with Crippen molar-refractivity contribution < 1.29 is 14.3 Å². The van der Waals surface area contributed by atoms with Crippen LogP contribution in [0.2, 0.25) is 0 Å². The number of aryl methyl sites for hydroxylation is 1. The van der Waals surface area contributed by atoms with Crippen molar-refractivity contribution in [3.63, 3.8) is 0 Å². The number of pyridine rings is 1. The number of thiophene rings is 1. The predicted octanol–water partition coefficient (Wildman–Crippen LogP) is 4.62. The molecule has 0 radical (unpaired) electrons. The summed E-state index contributed by atoms with van der Waals surface area (Å²) < 4.78 is 5.41. The lowest BCUT2D eigenvalue weighted by Gasteiger charge is -2.13. The normalized spacial score (nSPS) is 13.6. The van der Waals surface area contributed by atoms with Gasteiger partial charge >= 0.3 is 5.97 Å². The van der Waals surface area contributed by atoms with Gasteiger partial charge in [-0.15, -0.1) is 11.3 Å². The molecule has 170 valence electrons. The number of amides is 1. The van der Waals surface area contributed by atoms with Crippen LogP contribution in [-0.2, 0) is 22.4 Å². The maximum absolute atomic E-state index is 12.7. The number of aromatic nitrogens is 3. The lowest BCUT2D eigenvalue weighted by atomic mass is 9.96. The van der Waals surface area contributed by atoms with Gasteiger partial charge in [0, 0.05) is 22.8 Å².